The molecule has 0 spiro atoms. The lowest BCUT2D eigenvalue weighted by atomic mass is 9.97. The topological polar surface area (TPSA) is 56.3 Å². The first kappa shape index (κ1) is 19.9. The van der Waals surface area contributed by atoms with Crippen LogP contribution in [0, 0.1) is 5.92 Å². The van der Waals surface area contributed by atoms with Crippen LogP contribution < -0.4 is 0 Å². The third-order valence-corrected chi connectivity index (χ3v) is 5.47. The minimum Gasteiger partial charge on any atom is -0.481 e. The summed E-state index contributed by atoms with van der Waals surface area (Å²) in [5.41, 5.74) is 4.47. The highest BCUT2D eigenvalue weighted by atomic mass is 16.4. The second kappa shape index (κ2) is 9.42. The molecule has 0 unspecified atom stereocenters. The van der Waals surface area contributed by atoms with Crippen LogP contribution >= 0.6 is 0 Å². The zero-order valence-electron chi connectivity index (χ0n) is 16.9. The number of aromatic nitrogens is 1. The summed E-state index contributed by atoms with van der Waals surface area (Å²) in [6.45, 7) is 1.92. The van der Waals surface area contributed by atoms with Gasteiger partial charge >= 0.3 is 5.97 Å². The van der Waals surface area contributed by atoms with Gasteiger partial charge in [-0.05, 0) is 29.2 Å². The van der Waals surface area contributed by atoms with Crippen molar-refractivity contribution in [2.24, 2.45) is 5.92 Å². The number of para-hydroxylation sites is 1. The van der Waals surface area contributed by atoms with E-state index in [1.165, 1.54) is 11.1 Å². The van der Waals surface area contributed by atoms with Crippen LogP contribution in [0.15, 0.2) is 91.1 Å². The van der Waals surface area contributed by atoms with Crippen LogP contribution in [0.3, 0.4) is 0 Å². The fourth-order valence-electron chi connectivity index (χ4n) is 3.98. The molecule has 1 heterocycles. The zero-order chi connectivity index (χ0) is 20.8. The maximum Gasteiger partial charge on any atom is 0.308 e. The van der Waals surface area contributed by atoms with Crippen LogP contribution in [0.1, 0.15) is 16.7 Å². The van der Waals surface area contributed by atoms with Crippen molar-refractivity contribution in [2.75, 3.05) is 6.54 Å². The summed E-state index contributed by atoms with van der Waals surface area (Å²) in [6, 6.07) is 28.5. The standard InChI is InChI=1S/C26H26N2O2/c29-26(30)23(15-22-16-27-25-14-8-7-13-24(22)25)19-28(17-20-9-3-1-4-10-20)18-21-11-5-2-6-12-21/h1-14,16,23,27H,15,17-19H2,(H,29,30)/t23-/m1/s1. The first-order valence-corrected chi connectivity index (χ1v) is 10.3. The minimum atomic E-state index is -0.758. The zero-order valence-corrected chi connectivity index (χ0v) is 16.9. The molecule has 0 fully saturated rings. The van der Waals surface area contributed by atoms with Crippen molar-refractivity contribution in [3.63, 3.8) is 0 Å². The van der Waals surface area contributed by atoms with E-state index >= 15 is 0 Å². The fraction of sp³-hybridized carbons (Fsp3) is 0.192. The number of rotatable bonds is 9. The molecule has 0 saturated carbocycles. The number of aromatic amines is 1. The highest BCUT2D eigenvalue weighted by molar-refractivity contribution is 5.83. The maximum atomic E-state index is 12.2. The Hall–Kier alpha value is -3.37. The van der Waals surface area contributed by atoms with Gasteiger partial charge in [0.1, 0.15) is 0 Å². The molecule has 0 saturated heterocycles. The predicted octanol–water partition coefficient (Wildman–Crippen LogP) is 5.11. The monoisotopic (exact) mass is 398 g/mol. The van der Waals surface area contributed by atoms with E-state index in [0.29, 0.717) is 26.1 Å². The number of carbonyl (C=O) groups is 1. The van der Waals surface area contributed by atoms with Gasteiger partial charge in [0, 0.05) is 36.7 Å². The van der Waals surface area contributed by atoms with Crippen molar-refractivity contribution in [3.8, 4) is 0 Å². The van der Waals surface area contributed by atoms with Crippen molar-refractivity contribution < 1.29 is 9.90 Å². The number of hydrogen-bond acceptors (Lipinski definition) is 2. The van der Waals surface area contributed by atoms with E-state index in [-0.39, 0.29) is 0 Å². The Balaban J connectivity index is 1.55. The molecule has 4 aromatic rings. The number of nitrogens with one attached hydrogen (secondary N) is 1. The summed E-state index contributed by atoms with van der Waals surface area (Å²) in [5, 5.41) is 11.1. The molecule has 0 radical (unpaired) electrons. The lowest BCUT2D eigenvalue weighted by Crippen LogP contribution is -2.33. The number of fused-ring (bicyclic) bond motifs is 1. The summed E-state index contributed by atoms with van der Waals surface area (Å²) in [6.07, 6.45) is 2.44. The van der Waals surface area contributed by atoms with Crippen LogP contribution in [0.2, 0.25) is 0 Å². The average molecular weight is 399 g/mol. The van der Waals surface area contributed by atoms with Gasteiger partial charge < -0.3 is 10.1 Å². The van der Waals surface area contributed by atoms with E-state index in [0.717, 1.165) is 16.5 Å². The number of carboxylic acid groups (broad SMARTS) is 1. The Morgan fingerprint density at radius 2 is 1.40 bits per heavy atom. The third-order valence-electron chi connectivity index (χ3n) is 5.47. The first-order valence-electron chi connectivity index (χ1n) is 10.3. The number of carboxylic acids is 1. The van der Waals surface area contributed by atoms with Crippen molar-refractivity contribution in [3.05, 3.63) is 108 Å². The molecule has 2 N–H and O–H groups in total. The van der Waals surface area contributed by atoms with Crippen molar-refractivity contribution in [1.82, 2.24) is 9.88 Å². The molecular weight excluding hydrogens is 372 g/mol. The molecule has 30 heavy (non-hydrogen) atoms. The summed E-state index contributed by atoms with van der Waals surface area (Å²) >= 11 is 0. The lowest BCUT2D eigenvalue weighted by molar-refractivity contribution is -0.142. The Kier molecular flexibility index (Phi) is 6.26. The molecule has 3 aromatic carbocycles. The predicted molar refractivity (Wildman–Crippen MR) is 120 cm³/mol. The summed E-state index contributed by atoms with van der Waals surface area (Å²) in [5.74, 6) is -1.25. The van der Waals surface area contributed by atoms with E-state index in [1.807, 2.05) is 66.9 Å². The summed E-state index contributed by atoms with van der Waals surface area (Å²) < 4.78 is 0. The molecule has 4 nitrogen and oxygen atoms in total. The van der Waals surface area contributed by atoms with Crippen molar-refractivity contribution >= 4 is 16.9 Å². The Labute approximate surface area is 176 Å². The van der Waals surface area contributed by atoms with E-state index < -0.39 is 11.9 Å². The van der Waals surface area contributed by atoms with Gasteiger partial charge in [-0.1, -0.05) is 78.9 Å². The molecule has 4 heteroatoms. The number of hydrogen-bond donors (Lipinski definition) is 2. The Morgan fingerprint density at radius 1 is 0.833 bits per heavy atom. The number of aliphatic carboxylic acids is 1. The number of nitrogens with zero attached hydrogens (tertiary/aromatic N) is 1. The molecule has 4 rings (SSSR count). The molecule has 152 valence electrons. The molecule has 1 aromatic heterocycles. The van der Waals surface area contributed by atoms with Gasteiger partial charge in [0.2, 0.25) is 0 Å². The summed E-state index contributed by atoms with van der Waals surface area (Å²) in [4.78, 5) is 17.7. The van der Waals surface area contributed by atoms with Crippen molar-refractivity contribution in [2.45, 2.75) is 19.5 Å². The summed E-state index contributed by atoms with van der Waals surface area (Å²) in [7, 11) is 0. The Morgan fingerprint density at radius 3 is 2.00 bits per heavy atom. The van der Waals surface area contributed by atoms with Gasteiger partial charge in [0.25, 0.3) is 0 Å². The van der Waals surface area contributed by atoms with E-state index in [9.17, 15) is 9.90 Å². The largest absolute Gasteiger partial charge is 0.481 e. The fourth-order valence-corrected chi connectivity index (χ4v) is 3.98. The second-order valence-corrected chi connectivity index (χ2v) is 7.74. The molecule has 0 aliphatic carbocycles. The van der Waals surface area contributed by atoms with Crippen LogP contribution in [-0.4, -0.2) is 27.5 Å². The van der Waals surface area contributed by atoms with Crippen LogP contribution in [0.5, 0.6) is 0 Å². The normalized spacial score (nSPS) is 12.3. The van der Waals surface area contributed by atoms with Crippen LogP contribution in [0.4, 0.5) is 0 Å². The molecule has 1 atom stereocenters. The van der Waals surface area contributed by atoms with E-state index in [2.05, 4.69) is 34.1 Å². The molecule has 0 bridgehead atoms. The molecule has 0 aliphatic rings. The second-order valence-electron chi connectivity index (χ2n) is 7.74. The highest BCUT2D eigenvalue weighted by Gasteiger charge is 2.23. The van der Waals surface area contributed by atoms with E-state index in [1.54, 1.807) is 0 Å². The van der Waals surface area contributed by atoms with Gasteiger partial charge in [-0.25, -0.2) is 0 Å². The van der Waals surface area contributed by atoms with Gasteiger partial charge in [0.05, 0.1) is 5.92 Å². The van der Waals surface area contributed by atoms with Gasteiger partial charge in [0.15, 0.2) is 0 Å². The minimum absolute atomic E-state index is 0.485. The smallest absolute Gasteiger partial charge is 0.308 e. The van der Waals surface area contributed by atoms with Crippen LogP contribution in [-0.2, 0) is 24.3 Å². The molecular formula is C26H26N2O2. The number of H-pyrrole nitrogens is 1. The SMILES string of the molecule is O=C(O)[C@H](Cc1c[nH]c2ccccc12)CN(Cc1ccccc1)Cc1ccccc1. The van der Waals surface area contributed by atoms with Gasteiger partial charge in [-0.2, -0.15) is 0 Å². The molecule has 0 amide bonds. The Bertz CT molecular complexity index is 1050. The average Bonchev–Trinajstić information content (AvgIpc) is 3.17. The quantitative estimate of drug-likeness (QED) is 0.412. The first-order chi connectivity index (χ1) is 14.7. The third kappa shape index (κ3) is 4.97. The van der Waals surface area contributed by atoms with Crippen molar-refractivity contribution in [1.29, 1.82) is 0 Å². The molecule has 0 aliphatic heterocycles. The lowest BCUT2D eigenvalue weighted by Gasteiger charge is -2.26. The van der Waals surface area contributed by atoms with Gasteiger partial charge in [-0.3, -0.25) is 9.69 Å². The number of benzene rings is 3. The highest BCUT2D eigenvalue weighted by Crippen LogP contribution is 2.22. The van der Waals surface area contributed by atoms with Crippen LogP contribution in [0.25, 0.3) is 10.9 Å². The maximum absolute atomic E-state index is 12.2. The van der Waals surface area contributed by atoms with Gasteiger partial charge in [-0.15, -0.1) is 0 Å². The van der Waals surface area contributed by atoms with E-state index in [4.69, 9.17) is 0 Å².